The predicted octanol–water partition coefficient (Wildman–Crippen LogP) is 4.62. The molecule has 0 heterocycles. The van der Waals surface area contributed by atoms with E-state index in [-0.39, 0.29) is 4.75 Å². The van der Waals surface area contributed by atoms with E-state index in [1.165, 1.54) is 11.1 Å². The minimum atomic E-state index is -0.413. The van der Waals surface area contributed by atoms with Crippen LogP contribution >= 0.6 is 11.8 Å². The first kappa shape index (κ1) is 23.4. The highest BCUT2D eigenvalue weighted by atomic mass is 32.2. The number of rotatable bonds is 9. The van der Waals surface area contributed by atoms with Crippen molar-refractivity contribution in [1.82, 2.24) is 5.32 Å². The number of nitrogens with one attached hydrogen (secondary N) is 1. The van der Waals surface area contributed by atoms with Crippen molar-refractivity contribution >= 4 is 18.0 Å². The second-order valence-electron chi connectivity index (χ2n) is 9.19. The molecule has 28 heavy (non-hydrogen) atoms. The normalized spacial score (nSPS) is 31.5. The van der Waals surface area contributed by atoms with Crippen molar-refractivity contribution in [3.8, 4) is 0 Å². The zero-order valence-corrected chi connectivity index (χ0v) is 19.6. The molecule has 1 aliphatic rings. The SMILES string of the molecule is CCC1C(NC)C(C(C)C)C(C(C)C)C1(SCC(N)C=O)c1ccc(C)cc1. The average molecular weight is 405 g/mol. The zero-order valence-electron chi connectivity index (χ0n) is 18.7. The third kappa shape index (κ3) is 4.20. The van der Waals surface area contributed by atoms with E-state index in [4.69, 9.17) is 5.73 Å². The van der Waals surface area contributed by atoms with Gasteiger partial charge in [-0.1, -0.05) is 70.9 Å². The molecular formula is C24H40N2OS. The molecule has 3 N–H and O–H groups in total. The van der Waals surface area contributed by atoms with E-state index < -0.39 is 6.04 Å². The summed E-state index contributed by atoms with van der Waals surface area (Å²) in [5.41, 5.74) is 8.76. The van der Waals surface area contributed by atoms with Gasteiger partial charge in [-0.2, -0.15) is 0 Å². The maximum absolute atomic E-state index is 11.3. The lowest BCUT2D eigenvalue weighted by Crippen LogP contribution is -2.41. The molecule has 6 unspecified atom stereocenters. The highest BCUT2D eigenvalue weighted by molar-refractivity contribution is 8.00. The Morgan fingerprint density at radius 1 is 1.18 bits per heavy atom. The summed E-state index contributed by atoms with van der Waals surface area (Å²) in [5, 5.41) is 3.70. The second-order valence-corrected chi connectivity index (χ2v) is 10.5. The molecule has 6 atom stereocenters. The topological polar surface area (TPSA) is 55.1 Å². The number of thioether (sulfide) groups is 1. The summed E-state index contributed by atoms with van der Waals surface area (Å²) in [6.45, 7) is 13.9. The first-order valence-electron chi connectivity index (χ1n) is 10.8. The summed E-state index contributed by atoms with van der Waals surface area (Å²) in [7, 11) is 2.12. The molecule has 1 fully saturated rings. The third-order valence-corrected chi connectivity index (χ3v) is 8.60. The van der Waals surface area contributed by atoms with E-state index in [2.05, 4.69) is 78.2 Å². The fourth-order valence-corrected chi connectivity index (χ4v) is 7.79. The van der Waals surface area contributed by atoms with E-state index in [9.17, 15) is 4.79 Å². The van der Waals surface area contributed by atoms with Gasteiger partial charge in [-0.25, -0.2) is 0 Å². The minimum absolute atomic E-state index is 0.0418. The number of aldehydes is 1. The fraction of sp³-hybridized carbons (Fsp3) is 0.708. The second kappa shape index (κ2) is 9.77. The number of benzene rings is 1. The van der Waals surface area contributed by atoms with Crippen molar-refractivity contribution in [2.75, 3.05) is 12.8 Å². The maximum atomic E-state index is 11.3. The Hall–Kier alpha value is -0.840. The third-order valence-electron chi connectivity index (χ3n) is 6.76. The van der Waals surface area contributed by atoms with E-state index in [1.54, 1.807) is 0 Å². The van der Waals surface area contributed by atoms with Crippen LogP contribution in [0.4, 0.5) is 0 Å². The van der Waals surface area contributed by atoms with Crippen molar-refractivity contribution in [1.29, 1.82) is 0 Å². The van der Waals surface area contributed by atoms with Gasteiger partial charge in [0.15, 0.2) is 0 Å². The lowest BCUT2D eigenvalue weighted by molar-refractivity contribution is -0.108. The van der Waals surface area contributed by atoms with Crippen LogP contribution in [0.1, 0.15) is 52.2 Å². The Bertz CT molecular complexity index is 630. The predicted molar refractivity (Wildman–Crippen MR) is 123 cm³/mol. The molecule has 158 valence electrons. The number of carbonyl (C=O) groups excluding carboxylic acids is 1. The van der Waals surface area contributed by atoms with E-state index in [1.807, 2.05) is 11.8 Å². The highest BCUT2D eigenvalue weighted by Gasteiger charge is 2.61. The Morgan fingerprint density at radius 2 is 1.79 bits per heavy atom. The number of hydrogen-bond acceptors (Lipinski definition) is 4. The fourth-order valence-electron chi connectivity index (χ4n) is 5.79. The molecular weight excluding hydrogens is 364 g/mol. The molecule has 1 saturated carbocycles. The van der Waals surface area contributed by atoms with Gasteiger partial charge in [0.1, 0.15) is 6.29 Å². The summed E-state index contributed by atoms with van der Waals surface area (Å²) in [6.07, 6.45) is 2.00. The van der Waals surface area contributed by atoms with E-state index >= 15 is 0 Å². The van der Waals surface area contributed by atoms with Crippen LogP contribution in [0.2, 0.25) is 0 Å². The molecule has 3 nitrogen and oxygen atoms in total. The number of hydrogen-bond donors (Lipinski definition) is 2. The van der Waals surface area contributed by atoms with Crippen LogP contribution in [-0.4, -0.2) is 31.2 Å². The van der Waals surface area contributed by atoms with Crippen molar-refractivity contribution in [3.63, 3.8) is 0 Å². The van der Waals surface area contributed by atoms with Gasteiger partial charge in [0.05, 0.1) is 6.04 Å². The highest BCUT2D eigenvalue weighted by Crippen LogP contribution is 2.63. The molecule has 0 saturated heterocycles. The van der Waals surface area contributed by atoms with Crippen LogP contribution in [0.3, 0.4) is 0 Å². The summed E-state index contributed by atoms with van der Waals surface area (Å²) in [5.74, 6) is 3.38. The molecule has 0 aromatic heterocycles. The Labute approximate surface area is 176 Å². The Kier molecular flexibility index (Phi) is 8.18. The van der Waals surface area contributed by atoms with Crippen molar-refractivity contribution in [2.24, 2.45) is 35.3 Å². The van der Waals surface area contributed by atoms with Gasteiger partial charge in [0.2, 0.25) is 0 Å². The van der Waals surface area contributed by atoms with Crippen molar-refractivity contribution in [3.05, 3.63) is 35.4 Å². The lowest BCUT2D eigenvalue weighted by atomic mass is 9.72. The monoisotopic (exact) mass is 404 g/mol. The summed E-state index contributed by atoms with van der Waals surface area (Å²) < 4.78 is -0.0418. The summed E-state index contributed by atoms with van der Waals surface area (Å²) in [6, 6.07) is 9.16. The largest absolute Gasteiger partial charge is 0.321 e. The molecule has 4 heteroatoms. The van der Waals surface area contributed by atoms with Crippen LogP contribution in [-0.2, 0) is 9.54 Å². The molecule has 0 aliphatic heterocycles. The molecule has 0 bridgehead atoms. The molecule has 0 spiro atoms. The molecule has 0 amide bonds. The van der Waals surface area contributed by atoms with Gasteiger partial charge in [-0.15, -0.1) is 11.8 Å². The number of carbonyl (C=O) groups is 1. The van der Waals surface area contributed by atoms with Gasteiger partial charge in [0.25, 0.3) is 0 Å². The van der Waals surface area contributed by atoms with Crippen LogP contribution in [0.15, 0.2) is 24.3 Å². The zero-order chi connectivity index (χ0) is 21.1. The van der Waals surface area contributed by atoms with Crippen LogP contribution < -0.4 is 11.1 Å². The number of aryl methyl sites for hydroxylation is 1. The maximum Gasteiger partial charge on any atom is 0.137 e. The first-order chi connectivity index (χ1) is 13.2. The van der Waals surface area contributed by atoms with Gasteiger partial charge in [-0.3, -0.25) is 0 Å². The van der Waals surface area contributed by atoms with Crippen LogP contribution in [0, 0.1) is 36.5 Å². The molecule has 1 aromatic rings. The molecule has 0 radical (unpaired) electrons. The summed E-state index contributed by atoms with van der Waals surface area (Å²) in [4.78, 5) is 11.3. The van der Waals surface area contributed by atoms with E-state index in [0.717, 1.165) is 12.7 Å². The van der Waals surface area contributed by atoms with Gasteiger partial charge < -0.3 is 15.8 Å². The average Bonchev–Trinajstić information content (AvgIpc) is 2.97. The van der Waals surface area contributed by atoms with Crippen molar-refractivity contribution in [2.45, 2.75) is 64.8 Å². The van der Waals surface area contributed by atoms with Gasteiger partial charge in [0, 0.05) is 16.5 Å². The molecule has 1 aromatic carbocycles. The van der Waals surface area contributed by atoms with Gasteiger partial charge >= 0.3 is 0 Å². The quantitative estimate of drug-likeness (QED) is 0.590. The van der Waals surface area contributed by atoms with Crippen LogP contribution in [0.5, 0.6) is 0 Å². The lowest BCUT2D eigenvalue weighted by Gasteiger charge is -2.44. The molecule has 1 aliphatic carbocycles. The summed E-state index contributed by atoms with van der Waals surface area (Å²) >= 11 is 1.94. The first-order valence-corrected chi connectivity index (χ1v) is 11.8. The van der Waals surface area contributed by atoms with E-state index in [0.29, 0.717) is 41.4 Å². The standard InChI is InChI=1S/C24H40N2OS/c1-8-20-23(26-7)21(15(2)3)22(16(4)5)24(20,28-14-19(25)13-27)18-11-9-17(6)10-12-18/h9-13,15-16,19-23,26H,8,14,25H2,1-7H3. The Balaban J connectivity index is 2.71. The van der Waals surface area contributed by atoms with Gasteiger partial charge in [-0.05, 0) is 49.1 Å². The smallest absolute Gasteiger partial charge is 0.137 e. The Morgan fingerprint density at radius 3 is 2.21 bits per heavy atom. The number of nitrogens with two attached hydrogens (primary N) is 1. The van der Waals surface area contributed by atoms with Crippen LogP contribution in [0.25, 0.3) is 0 Å². The minimum Gasteiger partial charge on any atom is -0.321 e. The molecule has 2 rings (SSSR count). The van der Waals surface area contributed by atoms with Crippen molar-refractivity contribution < 1.29 is 4.79 Å².